The normalized spacial score (nSPS) is 17.8. The molecule has 2 aromatic rings. The summed E-state index contributed by atoms with van der Waals surface area (Å²) in [6.45, 7) is 6.10. The SMILES string of the molecule is Cc1ncn(CCNC(=O)[C@H]2CCCCn3nnnc32)c1C. The number of amides is 1. The van der Waals surface area contributed by atoms with Crippen LogP contribution in [0.5, 0.6) is 0 Å². The van der Waals surface area contributed by atoms with Gasteiger partial charge in [0, 0.05) is 25.3 Å². The minimum atomic E-state index is -0.247. The minimum absolute atomic E-state index is 0.00689. The molecule has 1 aliphatic rings. The van der Waals surface area contributed by atoms with Crippen LogP contribution in [0.3, 0.4) is 0 Å². The molecule has 118 valence electrons. The Morgan fingerprint density at radius 2 is 2.27 bits per heavy atom. The van der Waals surface area contributed by atoms with Crippen LogP contribution in [0.25, 0.3) is 0 Å². The molecule has 2 aromatic heterocycles. The van der Waals surface area contributed by atoms with E-state index in [1.165, 1.54) is 0 Å². The highest BCUT2D eigenvalue weighted by Crippen LogP contribution is 2.23. The van der Waals surface area contributed by atoms with Crippen LogP contribution in [0.2, 0.25) is 0 Å². The topological polar surface area (TPSA) is 90.5 Å². The number of nitrogens with one attached hydrogen (secondary N) is 1. The van der Waals surface area contributed by atoms with Crippen LogP contribution in [0.15, 0.2) is 6.33 Å². The third-order valence-corrected chi connectivity index (χ3v) is 4.30. The number of carbonyl (C=O) groups excluding carboxylic acids is 1. The summed E-state index contributed by atoms with van der Waals surface area (Å²) in [5.41, 5.74) is 2.15. The molecule has 0 aromatic carbocycles. The molecule has 8 nitrogen and oxygen atoms in total. The number of carbonyl (C=O) groups is 1. The zero-order chi connectivity index (χ0) is 15.5. The number of aromatic nitrogens is 6. The number of tetrazole rings is 1. The highest BCUT2D eigenvalue weighted by Gasteiger charge is 2.28. The van der Waals surface area contributed by atoms with Crippen molar-refractivity contribution in [1.29, 1.82) is 0 Å². The Kier molecular flexibility index (Phi) is 4.17. The smallest absolute Gasteiger partial charge is 0.230 e. The van der Waals surface area contributed by atoms with Gasteiger partial charge in [0.05, 0.1) is 17.9 Å². The quantitative estimate of drug-likeness (QED) is 0.891. The van der Waals surface area contributed by atoms with Gasteiger partial charge in [-0.2, -0.15) is 0 Å². The van der Waals surface area contributed by atoms with Gasteiger partial charge in [-0.3, -0.25) is 4.79 Å². The van der Waals surface area contributed by atoms with Crippen molar-refractivity contribution in [1.82, 2.24) is 35.1 Å². The second-order valence-electron chi connectivity index (χ2n) is 5.71. The molecule has 0 unspecified atom stereocenters. The number of fused-ring (bicyclic) bond motifs is 1. The Labute approximate surface area is 128 Å². The summed E-state index contributed by atoms with van der Waals surface area (Å²) in [5.74, 6) is 0.445. The summed E-state index contributed by atoms with van der Waals surface area (Å²) >= 11 is 0. The summed E-state index contributed by atoms with van der Waals surface area (Å²) in [7, 11) is 0. The van der Waals surface area contributed by atoms with Crippen molar-refractivity contribution in [2.75, 3.05) is 6.54 Å². The third-order valence-electron chi connectivity index (χ3n) is 4.30. The summed E-state index contributed by atoms with van der Waals surface area (Å²) in [5, 5.41) is 14.7. The molecule has 0 fully saturated rings. The van der Waals surface area contributed by atoms with Crippen molar-refractivity contribution >= 4 is 5.91 Å². The second kappa shape index (κ2) is 6.25. The van der Waals surface area contributed by atoms with Crippen molar-refractivity contribution in [3.63, 3.8) is 0 Å². The molecule has 22 heavy (non-hydrogen) atoms. The molecule has 1 aliphatic heterocycles. The van der Waals surface area contributed by atoms with Crippen LogP contribution in [0, 0.1) is 13.8 Å². The van der Waals surface area contributed by atoms with Gasteiger partial charge in [0.1, 0.15) is 0 Å². The molecule has 1 atom stereocenters. The van der Waals surface area contributed by atoms with Gasteiger partial charge >= 0.3 is 0 Å². The van der Waals surface area contributed by atoms with E-state index in [2.05, 4.69) is 25.8 Å². The van der Waals surface area contributed by atoms with Crippen LogP contribution < -0.4 is 5.32 Å². The van der Waals surface area contributed by atoms with Gasteiger partial charge in [0.2, 0.25) is 5.91 Å². The molecule has 0 bridgehead atoms. The molecule has 8 heteroatoms. The van der Waals surface area contributed by atoms with Crippen molar-refractivity contribution in [3.05, 3.63) is 23.5 Å². The summed E-state index contributed by atoms with van der Waals surface area (Å²) in [4.78, 5) is 16.7. The number of hydrogen-bond acceptors (Lipinski definition) is 5. The lowest BCUT2D eigenvalue weighted by Gasteiger charge is -2.14. The van der Waals surface area contributed by atoms with Crippen molar-refractivity contribution in [2.24, 2.45) is 0 Å². The molecule has 0 saturated carbocycles. The number of nitrogens with zero attached hydrogens (tertiary/aromatic N) is 6. The fraction of sp³-hybridized carbons (Fsp3) is 0.643. The molecule has 0 radical (unpaired) electrons. The van der Waals surface area contributed by atoms with Gasteiger partial charge in [-0.1, -0.05) is 6.42 Å². The van der Waals surface area contributed by atoms with Crippen molar-refractivity contribution in [2.45, 2.75) is 52.1 Å². The maximum Gasteiger partial charge on any atom is 0.230 e. The first-order valence-corrected chi connectivity index (χ1v) is 7.69. The van der Waals surface area contributed by atoms with Crippen molar-refractivity contribution in [3.8, 4) is 0 Å². The maximum atomic E-state index is 12.4. The number of rotatable bonds is 4. The van der Waals surface area contributed by atoms with Gasteiger partial charge in [0.15, 0.2) is 5.82 Å². The predicted octanol–water partition coefficient (Wildman–Crippen LogP) is 0.570. The minimum Gasteiger partial charge on any atom is -0.354 e. The largest absolute Gasteiger partial charge is 0.354 e. The van der Waals surface area contributed by atoms with E-state index < -0.39 is 0 Å². The summed E-state index contributed by atoms with van der Waals surface area (Å²) < 4.78 is 3.80. The van der Waals surface area contributed by atoms with E-state index in [1.807, 2.05) is 24.7 Å². The standard InChI is InChI=1S/C14H21N7O/c1-10-11(2)20(9-16-10)8-6-15-14(22)12-5-3-4-7-21-13(12)17-18-19-21/h9,12H,3-8H2,1-2H3,(H,15,22)/t12-/m0/s1. The molecule has 3 heterocycles. The van der Waals surface area contributed by atoms with E-state index in [0.717, 1.165) is 43.7 Å². The zero-order valence-electron chi connectivity index (χ0n) is 13.0. The van der Waals surface area contributed by atoms with Gasteiger partial charge in [-0.05, 0) is 37.1 Å². The number of aryl methyl sites for hydroxylation is 2. The second-order valence-corrected chi connectivity index (χ2v) is 5.71. The van der Waals surface area contributed by atoms with E-state index in [4.69, 9.17) is 0 Å². The average molecular weight is 303 g/mol. The average Bonchev–Trinajstić information content (AvgIpc) is 3.03. The zero-order valence-corrected chi connectivity index (χ0v) is 13.0. The first kappa shape index (κ1) is 14.7. The molecule has 1 N–H and O–H groups in total. The molecule has 0 saturated heterocycles. The maximum absolute atomic E-state index is 12.4. The molecular formula is C14H21N7O. The molecule has 1 amide bonds. The fourth-order valence-electron chi connectivity index (χ4n) is 2.80. The number of hydrogen-bond donors (Lipinski definition) is 1. The fourth-order valence-corrected chi connectivity index (χ4v) is 2.80. The Hall–Kier alpha value is -2.25. The lowest BCUT2D eigenvalue weighted by atomic mass is 10.0. The van der Waals surface area contributed by atoms with Gasteiger partial charge < -0.3 is 9.88 Å². The van der Waals surface area contributed by atoms with Crippen LogP contribution >= 0.6 is 0 Å². The highest BCUT2D eigenvalue weighted by atomic mass is 16.1. The summed E-state index contributed by atoms with van der Waals surface area (Å²) in [6.07, 6.45) is 4.62. The monoisotopic (exact) mass is 303 g/mol. The van der Waals surface area contributed by atoms with E-state index in [0.29, 0.717) is 12.4 Å². The molecule has 0 aliphatic carbocycles. The van der Waals surface area contributed by atoms with E-state index in [9.17, 15) is 4.79 Å². The number of imidazole rings is 1. The van der Waals surface area contributed by atoms with Crippen LogP contribution in [0.1, 0.15) is 42.4 Å². The highest BCUT2D eigenvalue weighted by molar-refractivity contribution is 5.82. The van der Waals surface area contributed by atoms with E-state index >= 15 is 0 Å². The lowest BCUT2D eigenvalue weighted by molar-refractivity contribution is -0.122. The summed E-state index contributed by atoms with van der Waals surface area (Å²) in [6, 6.07) is 0. The van der Waals surface area contributed by atoms with Gasteiger partial charge in [-0.15, -0.1) is 5.10 Å². The van der Waals surface area contributed by atoms with E-state index in [-0.39, 0.29) is 11.8 Å². The Morgan fingerprint density at radius 3 is 3.05 bits per heavy atom. The lowest BCUT2D eigenvalue weighted by Crippen LogP contribution is -2.33. The Morgan fingerprint density at radius 1 is 1.41 bits per heavy atom. The third kappa shape index (κ3) is 2.86. The first-order valence-electron chi connectivity index (χ1n) is 7.69. The van der Waals surface area contributed by atoms with Crippen LogP contribution in [-0.2, 0) is 17.9 Å². The predicted molar refractivity (Wildman–Crippen MR) is 79.1 cm³/mol. The van der Waals surface area contributed by atoms with Crippen molar-refractivity contribution < 1.29 is 4.79 Å². The first-order chi connectivity index (χ1) is 10.7. The molecular weight excluding hydrogens is 282 g/mol. The van der Waals surface area contributed by atoms with Gasteiger partial charge in [-0.25, -0.2) is 9.67 Å². The van der Waals surface area contributed by atoms with Crippen LogP contribution in [0.4, 0.5) is 0 Å². The molecule has 3 rings (SSSR count). The molecule has 0 spiro atoms. The Balaban J connectivity index is 1.59. The van der Waals surface area contributed by atoms with E-state index in [1.54, 1.807) is 4.68 Å². The Bertz CT molecular complexity index is 660. The van der Waals surface area contributed by atoms with Gasteiger partial charge in [0.25, 0.3) is 0 Å². The van der Waals surface area contributed by atoms with Crippen LogP contribution in [-0.4, -0.2) is 42.2 Å².